The maximum absolute atomic E-state index is 5.33. The molecule has 0 saturated heterocycles. The minimum Gasteiger partial charge on any atom is -0.338 e. The molecule has 0 fully saturated rings. The first-order chi connectivity index (χ1) is 11.3. The number of fused-ring (bicyclic) bond motifs is 1. The van der Waals surface area contributed by atoms with Gasteiger partial charge >= 0.3 is 0 Å². The van der Waals surface area contributed by atoms with Gasteiger partial charge in [0.05, 0.1) is 10.6 Å². The molecule has 8 heteroatoms. The van der Waals surface area contributed by atoms with Gasteiger partial charge in [0.25, 0.3) is 0 Å². The zero-order chi connectivity index (χ0) is 15.6. The Kier molecular flexibility index (Phi) is 4.11. The van der Waals surface area contributed by atoms with Crippen LogP contribution in [0.15, 0.2) is 39.5 Å². The van der Waals surface area contributed by atoms with Crippen LogP contribution in [0.25, 0.3) is 20.9 Å². The van der Waals surface area contributed by atoms with E-state index in [2.05, 4.69) is 33.1 Å². The minimum absolute atomic E-state index is 0.599. The highest BCUT2D eigenvalue weighted by molar-refractivity contribution is 7.98. The second-order valence-electron chi connectivity index (χ2n) is 4.74. The van der Waals surface area contributed by atoms with Crippen molar-refractivity contribution in [2.75, 3.05) is 0 Å². The number of rotatable bonds is 5. The van der Waals surface area contributed by atoms with Gasteiger partial charge in [0, 0.05) is 10.3 Å². The molecule has 0 unspecified atom stereocenters. The average Bonchev–Trinajstić information content (AvgIpc) is 3.31. The lowest BCUT2D eigenvalue weighted by atomic mass is 10.3. The summed E-state index contributed by atoms with van der Waals surface area (Å²) in [5.74, 6) is 1.85. The van der Waals surface area contributed by atoms with Crippen molar-refractivity contribution in [2.24, 2.45) is 0 Å². The molecule has 0 aliphatic rings. The summed E-state index contributed by atoms with van der Waals surface area (Å²) in [6.45, 7) is 2.15. The molecular weight excluding hydrogens is 348 g/mol. The Morgan fingerprint density at radius 1 is 1.30 bits per heavy atom. The Balaban J connectivity index is 1.54. The van der Waals surface area contributed by atoms with Crippen molar-refractivity contribution in [3.05, 3.63) is 40.7 Å². The Bertz CT molecular complexity index is 929. The average molecular weight is 360 g/mol. The van der Waals surface area contributed by atoms with Crippen LogP contribution < -0.4 is 0 Å². The van der Waals surface area contributed by atoms with Crippen LogP contribution in [0.5, 0.6) is 0 Å². The Hall–Kier alpha value is -1.77. The van der Waals surface area contributed by atoms with Crippen LogP contribution in [0.1, 0.15) is 17.7 Å². The predicted molar refractivity (Wildman–Crippen MR) is 94.0 cm³/mol. The molecule has 0 aromatic carbocycles. The number of thiophene rings is 2. The predicted octanol–water partition coefficient (Wildman–Crippen LogP) is 4.66. The molecule has 0 aliphatic heterocycles. The molecule has 4 aromatic heterocycles. The first-order valence-electron chi connectivity index (χ1n) is 7.06. The van der Waals surface area contributed by atoms with E-state index in [1.807, 2.05) is 17.5 Å². The first kappa shape index (κ1) is 14.8. The van der Waals surface area contributed by atoms with Crippen molar-refractivity contribution in [3.8, 4) is 10.7 Å². The third kappa shape index (κ3) is 3.01. The SMILES string of the molecule is CCc1cc2c(SCc3nc(-c4cccs4)no3)ncnc2s1. The van der Waals surface area contributed by atoms with E-state index in [-0.39, 0.29) is 0 Å². The summed E-state index contributed by atoms with van der Waals surface area (Å²) in [4.78, 5) is 16.5. The minimum atomic E-state index is 0.599. The molecule has 0 saturated carbocycles. The molecule has 0 aliphatic carbocycles. The summed E-state index contributed by atoms with van der Waals surface area (Å²) >= 11 is 4.92. The van der Waals surface area contributed by atoms with Crippen molar-refractivity contribution in [1.29, 1.82) is 0 Å². The molecule has 5 nitrogen and oxygen atoms in total. The molecule has 0 bridgehead atoms. The molecule has 0 N–H and O–H groups in total. The monoisotopic (exact) mass is 360 g/mol. The molecule has 116 valence electrons. The Morgan fingerprint density at radius 3 is 3.09 bits per heavy atom. The van der Waals surface area contributed by atoms with Gasteiger partial charge in [-0.1, -0.05) is 29.9 Å². The fraction of sp³-hybridized carbons (Fsp3) is 0.200. The van der Waals surface area contributed by atoms with Crippen LogP contribution in [-0.2, 0) is 12.2 Å². The Labute approximate surface area is 144 Å². The van der Waals surface area contributed by atoms with Gasteiger partial charge in [-0.2, -0.15) is 4.98 Å². The van der Waals surface area contributed by atoms with Gasteiger partial charge in [-0.3, -0.25) is 0 Å². The molecule has 4 heterocycles. The highest BCUT2D eigenvalue weighted by atomic mass is 32.2. The van der Waals surface area contributed by atoms with E-state index in [0.29, 0.717) is 17.5 Å². The number of nitrogens with zero attached hydrogens (tertiary/aromatic N) is 4. The summed E-state index contributed by atoms with van der Waals surface area (Å²) in [6, 6.07) is 6.13. The first-order valence-corrected chi connectivity index (χ1v) is 9.74. The van der Waals surface area contributed by atoms with E-state index in [9.17, 15) is 0 Å². The molecule has 0 radical (unpaired) electrons. The van der Waals surface area contributed by atoms with Crippen molar-refractivity contribution in [3.63, 3.8) is 0 Å². The molecule has 0 amide bonds. The number of hydrogen-bond donors (Lipinski definition) is 0. The van der Waals surface area contributed by atoms with Crippen LogP contribution in [-0.4, -0.2) is 20.1 Å². The number of hydrogen-bond acceptors (Lipinski definition) is 8. The largest absolute Gasteiger partial charge is 0.338 e. The van der Waals surface area contributed by atoms with Gasteiger partial charge in [-0.25, -0.2) is 9.97 Å². The molecule has 0 spiro atoms. The summed E-state index contributed by atoms with van der Waals surface area (Å²) < 4.78 is 5.33. The maximum Gasteiger partial charge on any atom is 0.237 e. The second kappa shape index (κ2) is 6.38. The summed E-state index contributed by atoms with van der Waals surface area (Å²) in [6.07, 6.45) is 2.63. The van der Waals surface area contributed by atoms with Gasteiger partial charge in [0.1, 0.15) is 16.2 Å². The van der Waals surface area contributed by atoms with Crippen LogP contribution in [0.3, 0.4) is 0 Å². The zero-order valence-corrected chi connectivity index (χ0v) is 14.7. The van der Waals surface area contributed by atoms with Gasteiger partial charge in [-0.05, 0) is 23.9 Å². The third-order valence-corrected chi connectivity index (χ3v) is 6.28. The quantitative estimate of drug-likeness (QED) is 0.381. The molecule has 23 heavy (non-hydrogen) atoms. The molecular formula is C15H12N4OS3. The highest BCUT2D eigenvalue weighted by Crippen LogP contribution is 2.32. The van der Waals surface area contributed by atoms with E-state index >= 15 is 0 Å². The van der Waals surface area contributed by atoms with Crippen LogP contribution in [0.2, 0.25) is 0 Å². The van der Waals surface area contributed by atoms with Crippen molar-refractivity contribution in [2.45, 2.75) is 24.1 Å². The third-order valence-electron chi connectivity index (χ3n) is 3.23. The zero-order valence-electron chi connectivity index (χ0n) is 12.2. The molecule has 4 rings (SSSR count). The van der Waals surface area contributed by atoms with Gasteiger partial charge in [-0.15, -0.1) is 22.7 Å². The van der Waals surface area contributed by atoms with E-state index in [1.165, 1.54) is 4.88 Å². The highest BCUT2D eigenvalue weighted by Gasteiger charge is 2.13. The standard InChI is InChI=1S/C15H12N4OS3/c1-2-9-6-10-14(16-8-17-15(10)23-9)22-7-12-18-13(19-20-12)11-4-3-5-21-11/h3-6,8H,2,7H2,1H3. The van der Waals surface area contributed by atoms with Crippen molar-refractivity contribution in [1.82, 2.24) is 20.1 Å². The fourth-order valence-electron chi connectivity index (χ4n) is 2.12. The second-order valence-corrected chi connectivity index (χ2v) is 7.77. The van der Waals surface area contributed by atoms with Crippen molar-refractivity contribution >= 4 is 44.7 Å². The number of aromatic nitrogens is 4. The van der Waals surface area contributed by atoms with Crippen molar-refractivity contribution < 1.29 is 4.52 Å². The summed E-state index contributed by atoms with van der Waals surface area (Å²) in [5.41, 5.74) is 0. The maximum atomic E-state index is 5.33. The van der Waals surface area contributed by atoms with E-state index in [0.717, 1.165) is 26.5 Å². The van der Waals surface area contributed by atoms with E-state index in [1.54, 1.807) is 40.8 Å². The lowest BCUT2D eigenvalue weighted by Gasteiger charge is -1.98. The van der Waals surface area contributed by atoms with Crippen LogP contribution >= 0.6 is 34.4 Å². The lowest BCUT2D eigenvalue weighted by molar-refractivity contribution is 0.392. The van der Waals surface area contributed by atoms with Gasteiger partial charge in [0.2, 0.25) is 11.7 Å². The smallest absolute Gasteiger partial charge is 0.237 e. The normalized spacial score (nSPS) is 11.3. The van der Waals surface area contributed by atoms with Crippen LogP contribution in [0.4, 0.5) is 0 Å². The Morgan fingerprint density at radius 2 is 2.26 bits per heavy atom. The van der Waals surface area contributed by atoms with Gasteiger partial charge in [0.15, 0.2) is 0 Å². The summed E-state index contributed by atoms with van der Waals surface area (Å²) in [5, 5.41) is 8.10. The number of thioether (sulfide) groups is 1. The van der Waals surface area contributed by atoms with Crippen LogP contribution in [0, 0.1) is 0 Å². The van der Waals surface area contributed by atoms with E-state index < -0.39 is 0 Å². The molecule has 0 atom stereocenters. The topological polar surface area (TPSA) is 64.7 Å². The fourth-order valence-corrected chi connectivity index (χ4v) is 4.58. The molecule has 4 aromatic rings. The summed E-state index contributed by atoms with van der Waals surface area (Å²) in [7, 11) is 0. The van der Waals surface area contributed by atoms with E-state index in [4.69, 9.17) is 4.52 Å². The number of aryl methyl sites for hydroxylation is 1. The van der Waals surface area contributed by atoms with Gasteiger partial charge < -0.3 is 4.52 Å². The lowest BCUT2D eigenvalue weighted by Crippen LogP contribution is -1.86.